The van der Waals surface area contributed by atoms with Gasteiger partial charge in [0.15, 0.2) is 0 Å². The quantitative estimate of drug-likeness (QED) is 0.786. The Labute approximate surface area is 129 Å². The van der Waals surface area contributed by atoms with Crippen LogP contribution >= 0.6 is 0 Å². The summed E-state index contributed by atoms with van der Waals surface area (Å²) in [5.74, 6) is 0.219. The van der Waals surface area contributed by atoms with Crippen LogP contribution in [0.4, 0.5) is 0 Å². The van der Waals surface area contributed by atoms with Gasteiger partial charge in [0.1, 0.15) is 12.1 Å². The van der Waals surface area contributed by atoms with Crippen LogP contribution in [-0.4, -0.2) is 27.4 Å². The zero-order valence-corrected chi connectivity index (χ0v) is 12.4. The molecule has 3 aromatic rings. The summed E-state index contributed by atoms with van der Waals surface area (Å²) in [6.07, 6.45) is 0. The molecule has 0 fully saturated rings. The number of para-hydroxylation sites is 1. The summed E-state index contributed by atoms with van der Waals surface area (Å²) < 4.78 is 1.62. The number of carbonyl (C=O) groups is 1. The lowest BCUT2D eigenvalue weighted by Gasteiger charge is -2.13. The summed E-state index contributed by atoms with van der Waals surface area (Å²) in [4.78, 5) is 12.1. The van der Waals surface area contributed by atoms with Gasteiger partial charge in [-0.3, -0.25) is 4.79 Å². The Hall–Kier alpha value is -2.69. The van der Waals surface area contributed by atoms with Crippen molar-refractivity contribution in [3.05, 3.63) is 60.2 Å². The molecule has 1 atom stereocenters. The SMILES string of the molecule is C[C@H](CNC(=O)Cn1nnc2ccccc21)c1ccccc1. The number of hydrogen-bond donors (Lipinski definition) is 1. The highest BCUT2D eigenvalue weighted by Gasteiger charge is 2.10. The van der Waals surface area contributed by atoms with E-state index in [1.165, 1.54) is 5.56 Å². The molecule has 5 nitrogen and oxygen atoms in total. The molecule has 0 saturated carbocycles. The highest BCUT2D eigenvalue weighted by atomic mass is 16.2. The number of nitrogens with one attached hydrogen (secondary N) is 1. The van der Waals surface area contributed by atoms with Gasteiger partial charge in [-0.2, -0.15) is 0 Å². The number of rotatable bonds is 5. The molecule has 0 bridgehead atoms. The lowest BCUT2D eigenvalue weighted by molar-refractivity contribution is -0.121. The second kappa shape index (κ2) is 6.39. The smallest absolute Gasteiger partial charge is 0.241 e. The minimum Gasteiger partial charge on any atom is -0.354 e. The number of aromatic nitrogens is 3. The predicted molar refractivity (Wildman–Crippen MR) is 85.4 cm³/mol. The Bertz CT molecular complexity index is 766. The van der Waals surface area contributed by atoms with Crippen LogP contribution in [0.2, 0.25) is 0 Å². The zero-order valence-electron chi connectivity index (χ0n) is 12.4. The van der Waals surface area contributed by atoms with Gasteiger partial charge in [-0.15, -0.1) is 5.10 Å². The third kappa shape index (κ3) is 3.14. The Morgan fingerprint density at radius 1 is 1.14 bits per heavy atom. The first-order chi connectivity index (χ1) is 10.7. The largest absolute Gasteiger partial charge is 0.354 e. The third-order valence-corrected chi connectivity index (χ3v) is 3.69. The topological polar surface area (TPSA) is 59.8 Å². The molecule has 22 heavy (non-hydrogen) atoms. The summed E-state index contributed by atoms with van der Waals surface area (Å²) in [5.41, 5.74) is 2.88. The molecular formula is C17H18N4O. The Morgan fingerprint density at radius 2 is 1.86 bits per heavy atom. The monoisotopic (exact) mass is 294 g/mol. The molecule has 1 aromatic heterocycles. The van der Waals surface area contributed by atoms with Crippen LogP contribution in [0.3, 0.4) is 0 Å². The van der Waals surface area contributed by atoms with Crippen molar-refractivity contribution in [2.24, 2.45) is 0 Å². The van der Waals surface area contributed by atoms with Crippen molar-refractivity contribution >= 4 is 16.9 Å². The number of hydrogen-bond acceptors (Lipinski definition) is 3. The molecule has 0 aliphatic heterocycles. The summed E-state index contributed by atoms with van der Waals surface area (Å²) in [5, 5.41) is 11.0. The molecule has 0 aliphatic carbocycles. The van der Waals surface area contributed by atoms with Crippen molar-refractivity contribution in [3.63, 3.8) is 0 Å². The number of nitrogens with zero attached hydrogens (tertiary/aromatic N) is 3. The molecule has 3 rings (SSSR count). The van der Waals surface area contributed by atoms with Gasteiger partial charge in [0.25, 0.3) is 0 Å². The first-order valence-electron chi connectivity index (χ1n) is 7.34. The molecule has 0 spiro atoms. The second-order valence-electron chi connectivity index (χ2n) is 5.35. The molecule has 1 amide bonds. The van der Waals surface area contributed by atoms with Crippen LogP contribution < -0.4 is 5.32 Å². The zero-order chi connectivity index (χ0) is 15.4. The van der Waals surface area contributed by atoms with E-state index in [9.17, 15) is 4.79 Å². The maximum atomic E-state index is 12.1. The van der Waals surface area contributed by atoms with E-state index in [0.717, 1.165) is 11.0 Å². The average Bonchev–Trinajstić information content (AvgIpc) is 2.97. The van der Waals surface area contributed by atoms with Gasteiger partial charge in [0.2, 0.25) is 5.91 Å². The summed E-state index contributed by atoms with van der Waals surface area (Å²) >= 11 is 0. The van der Waals surface area contributed by atoms with Crippen LogP contribution in [-0.2, 0) is 11.3 Å². The maximum Gasteiger partial charge on any atom is 0.241 e. The van der Waals surface area contributed by atoms with Crippen molar-refractivity contribution < 1.29 is 4.79 Å². The van der Waals surface area contributed by atoms with E-state index < -0.39 is 0 Å². The van der Waals surface area contributed by atoms with E-state index >= 15 is 0 Å². The van der Waals surface area contributed by atoms with Crippen molar-refractivity contribution in [2.75, 3.05) is 6.54 Å². The molecular weight excluding hydrogens is 276 g/mol. The van der Waals surface area contributed by atoms with Gasteiger partial charge in [-0.05, 0) is 23.6 Å². The van der Waals surface area contributed by atoms with Crippen molar-refractivity contribution in [1.29, 1.82) is 0 Å². The lowest BCUT2D eigenvalue weighted by atomic mass is 10.0. The van der Waals surface area contributed by atoms with Crippen molar-refractivity contribution in [1.82, 2.24) is 20.3 Å². The second-order valence-corrected chi connectivity index (χ2v) is 5.35. The first kappa shape index (κ1) is 14.3. The Balaban J connectivity index is 1.59. The van der Waals surface area contributed by atoms with E-state index in [4.69, 9.17) is 0 Å². The third-order valence-electron chi connectivity index (χ3n) is 3.69. The summed E-state index contributed by atoms with van der Waals surface area (Å²) in [7, 11) is 0. The molecule has 2 aromatic carbocycles. The maximum absolute atomic E-state index is 12.1. The summed E-state index contributed by atoms with van der Waals surface area (Å²) in [6, 6.07) is 17.8. The Kier molecular flexibility index (Phi) is 4.14. The molecule has 0 unspecified atom stereocenters. The van der Waals surface area contributed by atoms with E-state index in [-0.39, 0.29) is 18.4 Å². The van der Waals surface area contributed by atoms with Crippen molar-refractivity contribution in [3.8, 4) is 0 Å². The standard InChI is InChI=1S/C17H18N4O/c1-13(14-7-3-2-4-8-14)11-18-17(22)12-21-16-10-6-5-9-15(16)19-20-21/h2-10,13H,11-12H2,1H3,(H,18,22)/t13-/m1/s1. The molecule has 1 N–H and O–H groups in total. The highest BCUT2D eigenvalue weighted by Crippen LogP contribution is 2.13. The molecule has 5 heteroatoms. The summed E-state index contributed by atoms with van der Waals surface area (Å²) in [6.45, 7) is 2.89. The molecule has 1 heterocycles. The minimum absolute atomic E-state index is 0.0570. The average molecular weight is 294 g/mol. The lowest BCUT2D eigenvalue weighted by Crippen LogP contribution is -2.31. The van der Waals surface area contributed by atoms with Gasteiger partial charge in [0, 0.05) is 6.54 Å². The van der Waals surface area contributed by atoms with Crippen LogP contribution in [0, 0.1) is 0 Å². The molecule has 0 saturated heterocycles. The van der Waals surface area contributed by atoms with E-state index in [0.29, 0.717) is 6.54 Å². The van der Waals surface area contributed by atoms with Gasteiger partial charge in [-0.25, -0.2) is 4.68 Å². The number of amides is 1. The predicted octanol–water partition coefficient (Wildman–Crippen LogP) is 2.35. The van der Waals surface area contributed by atoms with Crippen LogP contribution in [0.25, 0.3) is 11.0 Å². The normalized spacial score (nSPS) is 12.2. The molecule has 112 valence electrons. The fourth-order valence-electron chi connectivity index (χ4n) is 2.39. The fourth-order valence-corrected chi connectivity index (χ4v) is 2.39. The number of carbonyl (C=O) groups excluding carboxylic acids is 1. The van der Waals surface area contributed by atoms with E-state index in [2.05, 4.69) is 34.7 Å². The molecule has 0 aliphatic rings. The Morgan fingerprint density at radius 3 is 2.68 bits per heavy atom. The van der Waals surface area contributed by atoms with Gasteiger partial charge >= 0.3 is 0 Å². The van der Waals surface area contributed by atoms with E-state index in [1.807, 2.05) is 42.5 Å². The fraction of sp³-hybridized carbons (Fsp3) is 0.235. The van der Waals surface area contributed by atoms with Gasteiger partial charge in [-0.1, -0.05) is 54.6 Å². The number of fused-ring (bicyclic) bond motifs is 1. The van der Waals surface area contributed by atoms with Crippen molar-refractivity contribution in [2.45, 2.75) is 19.4 Å². The molecule has 0 radical (unpaired) electrons. The van der Waals surface area contributed by atoms with Crippen LogP contribution in [0.1, 0.15) is 18.4 Å². The first-order valence-corrected chi connectivity index (χ1v) is 7.34. The van der Waals surface area contributed by atoms with Crippen LogP contribution in [0.5, 0.6) is 0 Å². The van der Waals surface area contributed by atoms with E-state index in [1.54, 1.807) is 4.68 Å². The number of benzene rings is 2. The van der Waals surface area contributed by atoms with Gasteiger partial charge < -0.3 is 5.32 Å². The minimum atomic E-state index is -0.0570. The van der Waals surface area contributed by atoms with Crippen LogP contribution in [0.15, 0.2) is 54.6 Å². The van der Waals surface area contributed by atoms with Gasteiger partial charge in [0.05, 0.1) is 5.52 Å². The highest BCUT2D eigenvalue weighted by molar-refractivity contribution is 5.79.